The van der Waals surface area contributed by atoms with Gasteiger partial charge in [-0.1, -0.05) is 0 Å². The molecule has 0 spiro atoms. The molecule has 4 aliphatic heterocycles. The van der Waals surface area contributed by atoms with E-state index in [0.29, 0.717) is 0 Å². The molecule has 0 aliphatic carbocycles. The van der Waals surface area contributed by atoms with Gasteiger partial charge in [-0.25, -0.2) is 0 Å². The van der Waals surface area contributed by atoms with Crippen LogP contribution in [0.25, 0.3) is 44.6 Å². The Morgan fingerprint density at radius 1 is 0.257 bits per heavy atom. The number of aromatic amines is 6. The van der Waals surface area contributed by atoms with Gasteiger partial charge >= 0.3 is 0 Å². The highest BCUT2D eigenvalue weighted by Crippen LogP contribution is 2.33. The van der Waals surface area contributed by atoms with Crippen molar-refractivity contribution in [3.8, 4) is 23.7 Å². The largest absolute Gasteiger partial charge is 0.355 e. The topological polar surface area (TPSA) is 119 Å². The molecule has 16 bridgehead atoms. The molecule has 10 rings (SSSR count). The fraction of sp³-hybridized carbons (Fsp3) is 0.364. The number of H-pyrrole nitrogens is 6. The molecule has 0 aromatic carbocycles. The third kappa shape index (κ3) is 7.11. The smallest absolute Gasteiger partial charge is 0.0951 e. The van der Waals surface area contributed by atoms with E-state index in [-0.39, 0.29) is 12.1 Å². The van der Waals surface area contributed by atoms with Crippen LogP contribution in [0.1, 0.15) is 159 Å². The monoisotopic (exact) mass is 979 g/mol. The Labute approximate surface area is 436 Å². The molecule has 2 atom stereocenters. The second kappa shape index (κ2) is 17.6. The number of rotatable bonds is 0. The molecule has 6 N–H and O–H groups in total. The number of nitrogens with one attached hydrogen (secondary N) is 6. The first-order valence-corrected chi connectivity index (χ1v) is 26.4. The van der Waals surface area contributed by atoms with Crippen LogP contribution < -0.4 is 42.8 Å². The number of hydrogen-bond donors (Lipinski definition) is 6. The molecule has 8 nitrogen and oxygen atoms in total. The summed E-state index contributed by atoms with van der Waals surface area (Å²) in [6.45, 7) is 49.0. The van der Waals surface area contributed by atoms with Crippen molar-refractivity contribution < 1.29 is 0 Å². The molecule has 6 aromatic rings. The standard InChI is InChI=1S/C66H74N8/c1-27-31(5)55-45(19)59-35(9)39(13)63(71-59)49(64-40(14)36(10)60(72-64)46(20)56-32(6)28(2)52(68-56)43(17)51(27)67-55)25-23-24-26-50-65-41(15)37(11)61(73-65)47(21)57-33(7)29(3)53(69-57)44(18)54-30(4)34(8)58(70-54)48(22)62-38(12)42(16)66(50)74-62/h55,61,68-72,74H,1-22H3/b52-43?,53-44-,56-46?,57-47-,59-45-,62-48?,63-49-,66-50?/t55-,61-/m1/s1. The van der Waals surface area contributed by atoms with Crippen LogP contribution >= 0.6 is 0 Å². The molecule has 0 radical (unpaired) electrons. The summed E-state index contributed by atoms with van der Waals surface area (Å²) in [7, 11) is 0. The van der Waals surface area contributed by atoms with Gasteiger partial charge in [-0.05, 0) is 298 Å². The minimum atomic E-state index is -0.149. The quantitative estimate of drug-likeness (QED) is 0.0831. The van der Waals surface area contributed by atoms with E-state index in [9.17, 15) is 0 Å². The fourth-order valence-corrected chi connectivity index (χ4v) is 12.6. The first-order chi connectivity index (χ1) is 34.9. The summed E-state index contributed by atoms with van der Waals surface area (Å²) >= 11 is 0. The Morgan fingerprint density at radius 3 is 1.01 bits per heavy atom. The summed E-state index contributed by atoms with van der Waals surface area (Å²) in [6, 6.07) is -0.231. The second-order valence-electron chi connectivity index (χ2n) is 22.2. The predicted molar refractivity (Wildman–Crippen MR) is 311 cm³/mol. The van der Waals surface area contributed by atoms with Gasteiger partial charge in [-0.3, -0.25) is 9.98 Å². The summed E-state index contributed by atoms with van der Waals surface area (Å²) in [5.74, 6) is 14.3. The van der Waals surface area contributed by atoms with Gasteiger partial charge < -0.3 is 29.9 Å². The highest BCUT2D eigenvalue weighted by atomic mass is 14.9. The van der Waals surface area contributed by atoms with Crippen molar-refractivity contribution in [3.63, 3.8) is 0 Å². The molecule has 0 saturated heterocycles. The molecular weight excluding hydrogens is 905 g/mol. The molecule has 8 heteroatoms. The molecule has 74 heavy (non-hydrogen) atoms. The maximum absolute atomic E-state index is 5.63. The number of nitrogens with zero attached hydrogens (tertiary/aromatic N) is 2. The van der Waals surface area contributed by atoms with Crippen molar-refractivity contribution in [1.82, 2.24) is 29.9 Å². The summed E-state index contributed by atoms with van der Waals surface area (Å²) < 4.78 is 0. The zero-order valence-electron chi connectivity index (χ0n) is 48.0. The molecule has 4 aliphatic rings. The van der Waals surface area contributed by atoms with Gasteiger partial charge in [0.1, 0.15) is 0 Å². The predicted octanol–water partition coefficient (Wildman–Crippen LogP) is 7.93. The average molecular weight is 979 g/mol. The zero-order chi connectivity index (χ0) is 53.6. The Balaban J connectivity index is 1.28. The van der Waals surface area contributed by atoms with Gasteiger partial charge in [0.05, 0.1) is 51.0 Å². The Bertz CT molecular complexity index is 4420. The highest BCUT2D eigenvalue weighted by Gasteiger charge is 2.30. The van der Waals surface area contributed by atoms with E-state index in [1.807, 2.05) is 0 Å². The van der Waals surface area contributed by atoms with E-state index >= 15 is 0 Å². The summed E-state index contributed by atoms with van der Waals surface area (Å²) in [5, 5.41) is 8.72. The van der Waals surface area contributed by atoms with E-state index < -0.39 is 0 Å². The van der Waals surface area contributed by atoms with E-state index in [2.05, 4.69) is 206 Å². The van der Waals surface area contributed by atoms with Crippen molar-refractivity contribution in [1.29, 1.82) is 0 Å². The van der Waals surface area contributed by atoms with Crippen LogP contribution in [0.2, 0.25) is 0 Å². The van der Waals surface area contributed by atoms with Crippen LogP contribution in [0.15, 0.2) is 32.3 Å². The van der Waals surface area contributed by atoms with Crippen molar-refractivity contribution >= 4 is 56.0 Å². The van der Waals surface area contributed by atoms with Crippen LogP contribution in [0.3, 0.4) is 0 Å². The first-order valence-electron chi connectivity index (χ1n) is 26.4. The van der Waals surface area contributed by atoms with Crippen LogP contribution in [0.5, 0.6) is 0 Å². The molecule has 6 aromatic heterocycles. The number of hydrogen-bond acceptors (Lipinski definition) is 2. The van der Waals surface area contributed by atoms with Crippen LogP contribution in [0, 0.1) is 107 Å². The second-order valence-corrected chi connectivity index (χ2v) is 22.2. The summed E-state index contributed by atoms with van der Waals surface area (Å²) in [6.07, 6.45) is 0. The van der Waals surface area contributed by atoms with Gasteiger partial charge in [0.25, 0.3) is 0 Å². The minimum Gasteiger partial charge on any atom is -0.355 e. The van der Waals surface area contributed by atoms with Crippen molar-refractivity contribution in [2.45, 2.75) is 164 Å². The lowest BCUT2D eigenvalue weighted by Crippen LogP contribution is -2.21. The third-order valence-corrected chi connectivity index (χ3v) is 18.6. The maximum atomic E-state index is 5.63. The van der Waals surface area contributed by atoms with E-state index in [1.165, 1.54) is 89.1 Å². The maximum Gasteiger partial charge on any atom is 0.0951 e. The van der Waals surface area contributed by atoms with Crippen molar-refractivity contribution in [2.75, 3.05) is 0 Å². The van der Waals surface area contributed by atoms with E-state index in [0.717, 1.165) is 122 Å². The SMILES string of the molecule is CC1=C(C)[C@H]2N=C1C(C#CC#C/C1=c3/[nH]/c(c(C)c3C)=C(/C)[C@@H]3N=C(C(C)=C3C)C(C)=c3[nH]c(c(C)c3C)=C(C)c3[nH]c1c(C)c3C)=c1[nH]c(c(C)c1C)=C(C)c1[nH]c(c(C)c1C)/C(C)=c1\[nH]/c(c(C)c1C)=C\2C. The Morgan fingerprint density at radius 2 is 0.554 bits per heavy atom. The Kier molecular flexibility index (Phi) is 11.9. The summed E-state index contributed by atoms with van der Waals surface area (Å²) in [4.78, 5) is 34.7. The van der Waals surface area contributed by atoms with E-state index in [1.54, 1.807) is 0 Å². The molecule has 0 fully saturated rings. The van der Waals surface area contributed by atoms with Crippen LogP contribution in [0.4, 0.5) is 0 Å². The lowest BCUT2D eigenvalue weighted by Gasteiger charge is -2.10. The highest BCUT2D eigenvalue weighted by molar-refractivity contribution is 6.33. The van der Waals surface area contributed by atoms with Crippen LogP contribution in [-0.4, -0.2) is 53.4 Å². The number of aliphatic imine (C=N–C) groups is 2. The lowest BCUT2D eigenvalue weighted by molar-refractivity contribution is 0.964. The average Bonchev–Trinajstić information content (AvgIpc) is 4.25. The molecule has 10 heterocycles. The van der Waals surface area contributed by atoms with Gasteiger partial charge in [-0.2, -0.15) is 0 Å². The van der Waals surface area contributed by atoms with Gasteiger partial charge in [-0.15, -0.1) is 0 Å². The normalized spacial score (nSPS) is 20.7. The zero-order valence-corrected chi connectivity index (χ0v) is 48.0. The fourth-order valence-electron chi connectivity index (χ4n) is 12.6. The minimum absolute atomic E-state index is 0.0824. The van der Waals surface area contributed by atoms with Crippen molar-refractivity contribution in [2.24, 2.45) is 9.98 Å². The van der Waals surface area contributed by atoms with Gasteiger partial charge in [0.2, 0.25) is 0 Å². The Hall–Kier alpha value is -7.42. The molecular formula is C66H74N8. The lowest BCUT2D eigenvalue weighted by atomic mass is 9.96. The van der Waals surface area contributed by atoms with Gasteiger partial charge in [0.15, 0.2) is 0 Å². The molecule has 378 valence electrons. The molecule has 0 saturated carbocycles. The molecule has 0 amide bonds. The number of allylic oxidation sites excluding steroid dienone is 2. The third-order valence-electron chi connectivity index (χ3n) is 18.6. The first kappa shape index (κ1) is 50.1. The molecule has 0 unspecified atom stereocenters. The van der Waals surface area contributed by atoms with Crippen molar-refractivity contribution in [3.05, 3.63) is 155 Å². The van der Waals surface area contributed by atoms with Gasteiger partial charge in [0, 0.05) is 49.2 Å². The summed E-state index contributed by atoms with van der Waals surface area (Å²) in [5.41, 5.74) is 34.6. The number of fused-ring (bicyclic) bond motifs is 14. The van der Waals surface area contributed by atoms with Crippen LogP contribution in [-0.2, 0) is 0 Å². The number of aromatic nitrogens is 6. The van der Waals surface area contributed by atoms with E-state index in [4.69, 9.17) is 9.98 Å².